The first-order valence-electron chi connectivity index (χ1n) is 5.27. The minimum Gasteiger partial charge on any atom is -0.387 e. The molecule has 0 saturated carbocycles. The second kappa shape index (κ2) is 7.04. The van der Waals surface area contributed by atoms with Gasteiger partial charge >= 0.3 is 0 Å². The number of carbonyl (C=O) groups excluding carboxylic acids is 1. The summed E-state index contributed by atoms with van der Waals surface area (Å²) in [5.74, 6) is -0.0762. The van der Waals surface area contributed by atoms with Crippen molar-refractivity contribution in [3.63, 3.8) is 0 Å². The van der Waals surface area contributed by atoms with E-state index in [1.165, 1.54) is 0 Å². The number of rotatable bonds is 5. The molecule has 0 aliphatic heterocycles. The highest BCUT2D eigenvalue weighted by atomic mass is 16.1. The maximum atomic E-state index is 11.5. The van der Waals surface area contributed by atoms with Crippen LogP contribution in [0.3, 0.4) is 0 Å². The molecule has 0 aromatic carbocycles. The highest BCUT2D eigenvalue weighted by Gasteiger charge is 2.15. The van der Waals surface area contributed by atoms with Gasteiger partial charge in [0.1, 0.15) is 5.84 Å². The van der Waals surface area contributed by atoms with Crippen molar-refractivity contribution in [3.8, 4) is 0 Å². The summed E-state index contributed by atoms with van der Waals surface area (Å²) in [7, 11) is 0. The van der Waals surface area contributed by atoms with E-state index in [0.29, 0.717) is 12.4 Å². The minimum atomic E-state index is -0.369. The number of amides is 1. The molecule has 86 valence electrons. The van der Waals surface area contributed by atoms with E-state index >= 15 is 0 Å². The first kappa shape index (κ1) is 13.7. The van der Waals surface area contributed by atoms with E-state index in [1.807, 2.05) is 26.8 Å². The predicted octanol–water partition coefficient (Wildman–Crippen LogP) is 1.43. The molecule has 0 bridgehead atoms. The monoisotopic (exact) mass is 211 g/mol. The van der Waals surface area contributed by atoms with E-state index in [4.69, 9.17) is 5.73 Å². The topological polar surface area (TPSA) is 67.5 Å². The van der Waals surface area contributed by atoms with Crippen molar-refractivity contribution in [2.45, 2.75) is 34.1 Å². The fourth-order valence-corrected chi connectivity index (χ4v) is 0.901. The Balaban J connectivity index is 4.37. The number of carbonyl (C=O) groups is 1. The number of hydrogen-bond acceptors (Lipinski definition) is 2. The van der Waals surface area contributed by atoms with Gasteiger partial charge in [-0.3, -0.25) is 4.79 Å². The lowest BCUT2D eigenvalue weighted by Gasteiger charge is -2.11. The van der Waals surface area contributed by atoms with E-state index in [1.54, 1.807) is 6.92 Å². The van der Waals surface area contributed by atoms with Gasteiger partial charge in [0.25, 0.3) is 0 Å². The van der Waals surface area contributed by atoms with Crippen LogP contribution in [0.25, 0.3) is 0 Å². The highest BCUT2D eigenvalue weighted by Crippen LogP contribution is 2.00. The van der Waals surface area contributed by atoms with Crippen LogP contribution in [0, 0.1) is 5.92 Å². The third-order valence-corrected chi connectivity index (χ3v) is 2.11. The SMILES string of the molecule is CC=C(C)N=C(N)C(C)C(=O)NCCC. The Labute approximate surface area is 91.6 Å². The van der Waals surface area contributed by atoms with Crippen LogP contribution >= 0.6 is 0 Å². The van der Waals surface area contributed by atoms with Crippen LogP contribution < -0.4 is 11.1 Å². The molecule has 0 aromatic rings. The van der Waals surface area contributed by atoms with E-state index in [9.17, 15) is 4.79 Å². The van der Waals surface area contributed by atoms with Crippen LogP contribution in [0.2, 0.25) is 0 Å². The molecule has 0 saturated heterocycles. The zero-order valence-electron chi connectivity index (χ0n) is 10.0. The summed E-state index contributed by atoms with van der Waals surface area (Å²) in [6.45, 7) is 8.18. The third kappa shape index (κ3) is 5.20. The molecule has 1 amide bonds. The second-order valence-corrected chi connectivity index (χ2v) is 3.48. The van der Waals surface area contributed by atoms with Crippen molar-refractivity contribution in [3.05, 3.63) is 11.8 Å². The third-order valence-electron chi connectivity index (χ3n) is 2.11. The number of hydrogen-bond donors (Lipinski definition) is 2. The lowest BCUT2D eigenvalue weighted by atomic mass is 10.1. The minimum absolute atomic E-state index is 0.0676. The van der Waals surface area contributed by atoms with Crippen LogP contribution in [0.4, 0.5) is 0 Å². The molecule has 4 nitrogen and oxygen atoms in total. The second-order valence-electron chi connectivity index (χ2n) is 3.48. The van der Waals surface area contributed by atoms with Gasteiger partial charge in [0.2, 0.25) is 5.91 Å². The van der Waals surface area contributed by atoms with Gasteiger partial charge in [-0.1, -0.05) is 13.0 Å². The van der Waals surface area contributed by atoms with Crippen molar-refractivity contribution >= 4 is 11.7 Å². The van der Waals surface area contributed by atoms with Gasteiger partial charge < -0.3 is 11.1 Å². The Morgan fingerprint density at radius 2 is 2.20 bits per heavy atom. The lowest BCUT2D eigenvalue weighted by molar-refractivity contribution is -0.122. The average molecular weight is 211 g/mol. The molecule has 1 unspecified atom stereocenters. The molecule has 4 heteroatoms. The molecule has 0 fully saturated rings. The Bertz CT molecular complexity index is 269. The van der Waals surface area contributed by atoms with Gasteiger partial charge in [-0.05, 0) is 27.2 Å². The molecule has 0 aliphatic rings. The summed E-state index contributed by atoms with van der Waals surface area (Å²) in [5, 5.41) is 2.79. The summed E-state index contributed by atoms with van der Waals surface area (Å²) >= 11 is 0. The molecule has 0 heterocycles. The Kier molecular flexibility index (Phi) is 6.42. The maximum absolute atomic E-state index is 11.5. The fourth-order valence-electron chi connectivity index (χ4n) is 0.901. The Morgan fingerprint density at radius 1 is 1.60 bits per heavy atom. The van der Waals surface area contributed by atoms with Crippen LogP contribution in [-0.4, -0.2) is 18.3 Å². The normalized spacial score (nSPS) is 14.9. The average Bonchev–Trinajstić information content (AvgIpc) is 2.24. The van der Waals surface area contributed by atoms with Crippen molar-refractivity contribution < 1.29 is 4.79 Å². The van der Waals surface area contributed by atoms with E-state index in [0.717, 1.165) is 12.1 Å². The molecular weight excluding hydrogens is 190 g/mol. The van der Waals surface area contributed by atoms with Gasteiger partial charge in [-0.2, -0.15) is 0 Å². The number of nitrogens with zero attached hydrogens (tertiary/aromatic N) is 1. The van der Waals surface area contributed by atoms with Crippen molar-refractivity contribution in [1.29, 1.82) is 0 Å². The van der Waals surface area contributed by atoms with Crippen molar-refractivity contribution in [2.75, 3.05) is 6.54 Å². The molecule has 0 radical (unpaired) electrons. The van der Waals surface area contributed by atoms with Gasteiger partial charge in [0, 0.05) is 12.2 Å². The van der Waals surface area contributed by atoms with E-state index in [-0.39, 0.29) is 11.8 Å². The number of nitrogens with one attached hydrogen (secondary N) is 1. The number of nitrogens with two attached hydrogens (primary N) is 1. The molecule has 0 aliphatic carbocycles. The van der Waals surface area contributed by atoms with Gasteiger partial charge in [0.15, 0.2) is 0 Å². The maximum Gasteiger partial charge on any atom is 0.230 e. The van der Waals surface area contributed by atoms with E-state index in [2.05, 4.69) is 10.3 Å². The Hall–Kier alpha value is -1.32. The highest BCUT2D eigenvalue weighted by molar-refractivity contribution is 6.02. The molecule has 0 rings (SSSR count). The predicted molar refractivity (Wildman–Crippen MR) is 63.5 cm³/mol. The zero-order valence-corrected chi connectivity index (χ0v) is 10.0. The zero-order chi connectivity index (χ0) is 11.8. The van der Waals surface area contributed by atoms with Crippen molar-refractivity contribution in [1.82, 2.24) is 5.32 Å². The number of allylic oxidation sites excluding steroid dienone is 2. The lowest BCUT2D eigenvalue weighted by Crippen LogP contribution is -2.37. The van der Waals surface area contributed by atoms with Gasteiger partial charge in [-0.15, -0.1) is 0 Å². The molecule has 3 N–H and O–H groups in total. The first-order valence-corrected chi connectivity index (χ1v) is 5.27. The van der Waals surface area contributed by atoms with E-state index < -0.39 is 0 Å². The summed E-state index contributed by atoms with van der Waals surface area (Å²) in [6, 6.07) is 0. The fraction of sp³-hybridized carbons (Fsp3) is 0.636. The molecular formula is C11H21N3O. The van der Waals surface area contributed by atoms with Crippen molar-refractivity contribution in [2.24, 2.45) is 16.6 Å². The van der Waals surface area contributed by atoms with Crippen LogP contribution in [0.15, 0.2) is 16.8 Å². The van der Waals surface area contributed by atoms with Crippen LogP contribution in [-0.2, 0) is 4.79 Å². The van der Waals surface area contributed by atoms with Gasteiger partial charge in [-0.25, -0.2) is 4.99 Å². The molecule has 15 heavy (non-hydrogen) atoms. The summed E-state index contributed by atoms with van der Waals surface area (Å²) in [5.41, 5.74) is 6.54. The molecule has 1 atom stereocenters. The number of amidine groups is 1. The standard InChI is InChI=1S/C11H21N3O/c1-5-7-13-11(15)9(4)10(12)14-8(3)6-2/h6,9H,5,7H2,1-4H3,(H2,12,14)(H,13,15). The quantitative estimate of drug-likeness (QED) is 0.533. The summed E-state index contributed by atoms with van der Waals surface area (Å²) < 4.78 is 0. The summed E-state index contributed by atoms with van der Waals surface area (Å²) in [4.78, 5) is 15.6. The largest absolute Gasteiger partial charge is 0.387 e. The summed E-state index contributed by atoms with van der Waals surface area (Å²) in [6.07, 6.45) is 2.77. The first-order chi connectivity index (χ1) is 7.02. The van der Waals surface area contributed by atoms with Crippen LogP contribution in [0.5, 0.6) is 0 Å². The van der Waals surface area contributed by atoms with Gasteiger partial charge in [0.05, 0.1) is 5.92 Å². The molecule has 0 spiro atoms. The smallest absolute Gasteiger partial charge is 0.230 e. The van der Waals surface area contributed by atoms with Crippen LogP contribution in [0.1, 0.15) is 34.1 Å². The molecule has 0 aromatic heterocycles. The Morgan fingerprint density at radius 3 is 2.67 bits per heavy atom. The number of aliphatic imine (C=N–C) groups is 1.